The topological polar surface area (TPSA) is 140 Å². The second kappa shape index (κ2) is 11.8. The summed E-state index contributed by atoms with van der Waals surface area (Å²) in [6, 6.07) is 1.99. The summed E-state index contributed by atoms with van der Waals surface area (Å²) in [5, 5.41) is 0. The van der Waals surface area contributed by atoms with Gasteiger partial charge in [0.2, 0.25) is 5.88 Å². The molecule has 4 aliphatic rings. The number of likely N-dealkylation sites (tertiary alicyclic amines) is 1. The highest BCUT2D eigenvalue weighted by Gasteiger charge is 2.49. The molecule has 0 bridgehead atoms. The van der Waals surface area contributed by atoms with Gasteiger partial charge < -0.3 is 21.1 Å². The van der Waals surface area contributed by atoms with Crippen LogP contribution in [0.15, 0.2) is 27.9 Å². The molecule has 0 unspecified atom stereocenters. The largest absolute Gasteiger partial charge is 0.473 e. The Balaban J connectivity index is 1.50. The number of nitrogens with zero attached hydrogens (tertiary/aromatic N) is 5. The lowest BCUT2D eigenvalue weighted by atomic mass is 9.62. The van der Waals surface area contributed by atoms with Crippen LogP contribution in [0.3, 0.4) is 0 Å². The Labute approximate surface area is 236 Å². The SMILES string of the molecule is C[C@H](Oc1cc(N=CC2=C(N)CCN(C)C2)nc(C(N)=C2CCC[C@@]3(CCCCC3=O)C2=O)n1)[C@@H]1CCCN1C. The first-order valence-electron chi connectivity index (χ1n) is 14.7. The van der Waals surface area contributed by atoms with Gasteiger partial charge in [-0.05, 0) is 72.5 Å². The molecule has 0 aromatic carbocycles. The molecule has 10 heteroatoms. The summed E-state index contributed by atoms with van der Waals surface area (Å²) in [4.78, 5) is 45.2. The fourth-order valence-electron chi connectivity index (χ4n) is 6.74. The quantitative estimate of drug-likeness (QED) is 0.311. The lowest BCUT2D eigenvalue weighted by Gasteiger charge is -2.38. The summed E-state index contributed by atoms with van der Waals surface area (Å²) in [6.45, 7) is 4.70. The maximum absolute atomic E-state index is 13.8. The average molecular weight is 550 g/mol. The Hall–Kier alpha value is -3.11. The number of allylic oxidation sites excluding steroid dienone is 1. The molecule has 1 saturated heterocycles. The number of aliphatic imine (C=N–C) groups is 1. The van der Waals surface area contributed by atoms with Crippen molar-refractivity contribution in [1.29, 1.82) is 0 Å². The highest BCUT2D eigenvalue weighted by atomic mass is 16.5. The number of rotatable bonds is 6. The lowest BCUT2D eigenvalue weighted by Crippen LogP contribution is -2.45. The molecular weight excluding hydrogens is 506 g/mol. The number of hydrogen-bond donors (Lipinski definition) is 2. The molecule has 3 atom stereocenters. The molecule has 1 aromatic rings. The van der Waals surface area contributed by atoms with E-state index in [1.54, 1.807) is 12.3 Å². The van der Waals surface area contributed by atoms with Gasteiger partial charge in [0.05, 0.1) is 11.1 Å². The maximum Gasteiger partial charge on any atom is 0.219 e. The van der Waals surface area contributed by atoms with Crippen LogP contribution in [0.25, 0.3) is 5.70 Å². The molecule has 40 heavy (non-hydrogen) atoms. The summed E-state index contributed by atoms with van der Waals surface area (Å²) in [7, 11) is 4.16. The Morgan fingerprint density at radius 2 is 1.93 bits per heavy atom. The second-order valence-electron chi connectivity index (χ2n) is 12.0. The standard InChI is InChI=1S/C30H43N7O3/c1-19(23-9-7-14-37(23)3)40-26-16-25(33-17-20-18-36(2)15-11-22(20)31)34-29(35-26)27(32)21-8-6-13-30(28(21)39)12-5-4-10-24(30)38/h16-17,19,23H,4-15,18,31-32H2,1-3H3/t19-,23-,30+/m0/s1. The monoisotopic (exact) mass is 549 g/mol. The van der Waals surface area contributed by atoms with E-state index in [-0.39, 0.29) is 35.2 Å². The predicted octanol–water partition coefficient (Wildman–Crippen LogP) is 3.14. The fraction of sp³-hybridized carbons (Fsp3) is 0.633. The predicted molar refractivity (Wildman–Crippen MR) is 155 cm³/mol. The Morgan fingerprint density at radius 1 is 1.12 bits per heavy atom. The van der Waals surface area contributed by atoms with Crippen LogP contribution in [0, 0.1) is 5.41 Å². The van der Waals surface area contributed by atoms with Gasteiger partial charge in [-0.3, -0.25) is 14.5 Å². The van der Waals surface area contributed by atoms with Gasteiger partial charge in [0, 0.05) is 61.1 Å². The highest BCUT2D eigenvalue weighted by molar-refractivity contribution is 6.17. The van der Waals surface area contributed by atoms with Crippen molar-refractivity contribution < 1.29 is 14.3 Å². The average Bonchev–Trinajstić information content (AvgIpc) is 3.37. The van der Waals surface area contributed by atoms with E-state index < -0.39 is 5.41 Å². The van der Waals surface area contributed by atoms with Crippen LogP contribution >= 0.6 is 0 Å². The zero-order valence-electron chi connectivity index (χ0n) is 24.1. The number of ketones is 2. The van der Waals surface area contributed by atoms with E-state index in [1.807, 2.05) is 14.0 Å². The molecular formula is C30H43N7O3. The number of Topliss-reactive ketones (excluding diaryl/α,β-unsaturated/α-hetero) is 2. The van der Waals surface area contributed by atoms with Crippen LogP contribution in [-0.2, 0) is 9.59 Å². The molecule has 1 aromatic heterocycles. The molecule has 2 aliphatic heterocycles. The number of likely N-dealkylation sites (N-methyl/N-ethyl adjacent to an activating group) is 2. The van der Waals surface area contributed by atoms with Crippen molar-refractivity contribution in [3.8, 4) is 5.88 Å². The fourth-order valence-corrected chi connectivity index (χ4v) is 6.74. The summed E-state index contributed by atoms with van der Waals surface area (Å²) in [5.41, 5.74) is 14.4. The molecule has 0 amide bonds. The first kappa shape index (κ1) is 28.4. The van der Waals surface area contributed by atoms with Gasteiger partial charge in [-0.15, -0.1) is 0 Å². The van der Waals surface area contributed by atoms with E-state index in [0.29, 0.717) is 49.5 Å². The summed E-state index contributed by atoms with van der Waals surface area (Å²) < 4.78 is 6.34. The van der Waals surface area contributed by atoms with Crippen molar-refractivity contribution in [3.63, 3.8) is 0 Å². The molecule has 2 aliphatic carbocycles. The first-order valence-corrected chi connectivity index (χ1v) is 14.7. The summed E-state index contributed by atoms with van der Waals surface area (Å²) >= 11 is 0. The van der Waals surface area contributed by atoms with Crippen LogP contribution in [0.5, 0.6) is 5.88 Å². The van der Waals surface area contributed by atoms with Crippen LogP contribution in [0.1, 0.15) is 77.0 Å². The molecule has 1 spiro atoms. The van der Waals surface area contributed by atoms with E-state index in [9.17, 15) is 9.59 Å². The molecule has 0 radical (unpaired) electrons. The van der Waals surface area contributed by atoms with Crippen molar-refractivity contribution in [1.82, 2.24) is 19.8 Å². The van der Waals surface area contributed by atoms with Gasteiger partial charge >= 0.3 is 0 Å². The van der Waals surface area contributed by atoms with Crippen LogP contribution < -0.4 is 16.2 Å². The van der Waals surface area contributed by atoms with Gasteiger partial charge in [-0.1, -0.05) is 6.42 Å². The van der Waals surface area contributed by atoms with Crippen LogP contribution in [0.4, 0.5) is 5.82 Å². The van der Waals surface area contributed by atoms with Gasteiger partial charge in [0.1, 0.15) is 11.9 Å². The summed E-state index contributed by atoms with van der Waals surface area (Å²) in [5.74, 6) is 0.863. The zero-order chi connectivity index (χ0) is 28.4. The number of carbonyl (C=O) groups is 2. The van der Waals surface area contributed by atoms with Crippen molar-refractivity contribution in [2.75, 3.05) is 33.7 Å². The highest BCUT2D eigenvalue weighted by Crippen LogP contribution is 2.45. The molecule has 3 heterocycles. The van der Waals surface area contributed by atoms with Gasteiger partial charge in [0.25, 0.3) is 0 Å². The van der Waals surface area contributed by atoms with E-state index in [0.717, 1.165) is 62.9 Å². The van der Waals surface area contributed by atoms with Crippen LogP contribution in [0.2, 0.25) is 0 Å². The number of carbonyl (C=O) groups excluding carboxylic acids is 2. The van der Waals surface area contributed by atoms with E-state index in [2.05, 4.69) is 31.8 Å². The Kier molecular flexibility index (Phi) is 8.37. The van der Waals surface area contributed by atoms with Crippen molar-refractivity contribution in [3.05, 3.63) is 28.7 Å². The third-order valence-corrected chi connectivity index (χ3v) is 9.18. The number of aromatic nitrogens is 2. The lowest BCUT2D eigenvalue weighted by molar-refractivity contribution is -0.143. The third-order valence-electron chi connectivity index (χ3n) is 9.18. The summed E-state index contributed by atoms with van der Waals surface area (Å²) in [6.07, 6.45) is 9.23. The van der Waals surface area contributed by atoms with Crippen LogP contribution in [-0.4, -0.2) is 83.4 Å². The normalized spacial score (nSPS) is 29.0. The molecule has 4 N–H and O–H groups in total. The molecule has 10 nitrogen and oxygen atoms in total. The molecule has 5 rings (SSSR count). The minimum absolute atomic E-state index is 0.0508. The van der Waals surface area contributed by atoms with E-state index >= 15 is 0 Å². The van der Waals surface area contributed by atoms with Crippen molar-refractivity contribution >= 4 is 29.3 Å². The third kappa shape index (κ3) is 5.69. The minimum atomic E-state index is -0.940. The molecule has 3 fully saturated rings. The van der Waals surface area contributed by atoms with Crippen molar-refractivity contribution in [2.24, 2.45) is 21.9 Å². The van der Waals surface area contributed by atoms with E-state index in [4.69, 9.17) is 16.2 Å². The Bertz CT molecular complexity index is 1250. The number of nitrogens with two attached hydrogens (primary N) is 2. The van der Waals surface area contributed by atoms with Crippen molar-refractivity contribution in [2.45, 2.75) is 83.3 Å². The first-order chi connectivity index (χ1) is 19.2. The molecule has 2 saturated carbocycles. The van der Waals surface area contributed by atoms with E-state index in [1.165, 1.54) is 0 Å². The maximum atomic E-state index is 13.8. The number of ether oxygens (including phenoxy) is 1. The van der Waals surface area contributed by atoms with Gasteiger partial charge in [0.15, 0.2) is 17.4 Å². The van der Waals surface area contributed by atoms with Gasteiger partial charge in [-0.25, -0.2) is 9.98 Å². The van der Waals surface area contributed by atoms with Gasteiger partial charge in [-0.2, -0.15) is 4.98 Å². The molecule has 216 valence electrons. The zero-order valence-corrected chi connectivity index (χ0v) is 24.1. The second-order valence-corrected chi connectivity index (χ2v) is 12.0. The Morgan fingerprint density at radius 3 is 2.67 bits per heavy atom. The number of hydrogen-bond acceptors (Lipinski definition) is 10. The minimum Gasteiger partial charge on any atom is -0.473 e. The smallest absolute Gasteiger partial charge is 0.219 e.